The molecular weight excluding hydrogens is 226 g/mol. The summed E-state index contributed by atoms with van der Waals surface area (Å²) in [7, 11) is 2.13. The normalized spacial score (nSPS) is 10.5. The molecule has 2 heteroatoms. The van der Waals surface area contributed by atoms with E-state index in [0.717, 1.165) is 11.0 Å². The zero-order valence-electron chi connectivity index (χ0n) is 8.42. The highest BCUT2D eigenvalue weighted by Gasteiger charge is 2.02. The average molecular weight is 242 g/mol. The Morgan fingerprint density at radius 2 is 2.08 bits per heavy atom. The second-order valence-electron chi connectivity index (χ2n) is 3.75. The number of nitrogens with zero attached hydrogens (tertiary/aromatic N) is 1. The second-order valence-corrected chi connectivity index (χ2v) is 4.67. The summed E-state index contributed by atoms with van der Waals surface area (Å²) in [6, 6.07) is 8.39. The minimum Gasteiger partial charge on any atom is -0.374 e. The molecule has 0 saturated heterocycles. The predicted molar refractivity (Wildman–Crippen MR) is 62.3 cm³/mol. The highest BCUT2D eigenvalue weighted by atomic mass is 79.9. The number of halogens is 1. The van der Waals surface area contributed by atoms with Gasteiger partial charge in [-0.2, -0.15) is 0 Å². The maximum atomic E-state index is 3.47. The molecule has 0 unspecified atom stereocenters. The Bertz CT molecular complexity index is 271. The fourth-order valence-corrected chi connectivity index (χ4v) is 1.75. The van der Waals surface area contributed by atoms with Crippen molar-refractivity contribution in [1.29, 1.82) is 0 Å². The molecule has 0 radical (unpaired) electrons. The van der Waals surface area contributed by atoms with Crippen molar-refractivity contribution in [3.8, 4) is 0 Å². The molecule has 1 aromatic carbocycles. The SMILES string of the molecule is CC(C)CN(C)c1cccc(Br)c1. The highest BCUT2D eigenvalue weighted by Crippen LogP contribution is 2.19. The van der Waals surface area contributed by atoms with E-state index >= 15 is 0 Å². The molecule has 0 aliphatic rings. The van der Waals surface area contributed by atoms with Crippen LogP contribution in [0, 0.1) is 5.92 Å². The van der Waals surface area contributed by atoms with Crippen LogP contribution in [-0.2, 0) is 0 Å². The van der Waals surface area contributed by atoms with Crippen molar-refractivity contribution in [3.05, 3.63) is 28.7 Å². The molecule has 0 bridgehead atoms. The van der Waals surface area contributed by atoms with Crippen LogP contribution in [0.1, 0.15) is 13.8 Å². The first-order valence-electron chi connectivity index (χ1n) is 4.56. The molecule has 0 fully saturated rings. The van der Waals surface area contributed by atoms with Crippen LogP contribution in [0.3, 0.4) is 0 Å². The Morgan fingerprint density at radius 1 is 1.38 bits per heavy atom. The van der Waals surface area contributed by atoms with E-state index in [4.69, 9.17) is 0 Å². The Labute approximate surface area is 88.9 Å². The third-order valence-corrected chi connectivity index (χ3v) is 2.38. The van der Waals surface area contributed by atoms with Gasteiger partial charge in [-0.25, -0.2) is 0 Å². The summed E-state index contributed by atoms with van der Waals surface area (Å²) in [5.41, 5.74) is 1.27. The number of anilines is 1. The van der Waals surface area contributed by atoms with Crippen molar-refractivity contribution in [3.63, 3.8) is 0 Å². The van der Waals surface area contributed by atoms with Crippen LogP contribution in [0.5, 0.6) is 0 Å². The molecule has 0 aliphatic carbocycles. The summed E-state index contributed by atoms with van der Waals surface area (Å²) in [6.07, 6.45) is 0. The summed E-state index contributed by atoms with van der Waals surface area (Å²) in [5.74, 6) is 0.698. The van der Waals surface area contributed by atoms with Crippen LogP contribution in [0.15, 0.2) is 28.7 Å². The smallest absolute Gasteiger partial charge is 0.0375 e. The van der Waals surface area contributed by atoms with E-state index in [1.807, 2.05) is 6.07 Å². The summed E-state index contributed by atoms with van der Waals surface area (Å²) in [5, 5.41) is 0. The third kappa shape index (κ3) is 3.39. The van der Waals surface area contributed by atoms with E-state index < -0.39 is 0 Å². The van der Waals surface area contributed by atoms with Crippen LogP contribution in [0.4, 0.5) is 5.69 Å². The fraction of sp³-hybridized carbons (Fsp3) is 0.455. The topological polar surface area (TPSA) is 3.24 Å². The van der Waals surface area contributed by atoms with Gasteiger partial charge in [0, 0.05) is 23.8 Å². The lowest BCUT2D eigenvalue weighted by molar-refractivity contribution is 0.638. The summed E-state index contributed by atoms with van der Waals surface area (Å²) in [6.45, 7) is 5.55. The minimum absolute atomic E-state index is 0.698. The molecule has 0 N–H and O–H groups in total. The van der Waals surface area contributed by atoms with E-state index in [-0.39, 0.29) is 0 Å². The van der Waals surface area contributed by atoms with Crippen molar-refractivity contribution in [1.82, 2.24) is 0 Å². The van der Waals surface area contributed by atoms with Crippen LogP contribution in [-0.4, -0.2) is 13.6 Å². The molecule has 0 amide bonds. The van der Waals surface area contributed by atoms with Gasteiger partial charge in [0.2, 0.25) is 0 Å². The Balaban J connectivity index is 2.71. The van der Waals surface area contributed by atoms with Crippen molar-refractivity contribution >= 4 is 21.6 Å². The number of hydrogen-bond acceptors (Lipinski definition) is 1. The Morgan fingerprint density at radius 3 is 2.62 bits per heavy atom. The summed E-state index contributed by atoms with van der Waals surface area (Å²) in [4.78, 5) is 2.27. The lowest BCUT2D eigenvalue weighted by Crippen LogP contribution is -2.22. The van der Waals surface area contributed by atoms with Gasteiger partial charge in [-0.15, -0.1) is 0 Å². The van der Waals surface area contributed by atoms with Gasteiger partial charge in [-0.3, -0.25) is 0 Å². The molecule has 0 atom stereocenters. The molecule has 0 aliphatic heterocycles. The molecule has 0 saturated carbocycles. The van der Waals surface area contributed by atoms with Crippen molar-refractivity contribution < 1.29 is 0 Å². The second kappa shape index (κ2) is 4.66. The van der Waals surface area contributed by atoms with E-state index in [2.05, 4.69) is 59.9 Å². The van der Waals surface area contributed by atoms with E-state index in [9.17, 15) is 0 Å². The number of benzene rings is 1. The predicted octanol–water partition coefficient (Wildman–Crippen LogP) is 3.54. The van der Waals surface area contributed by atoms with Gasteiger partial charge in [0.15, 0.2) is 0 Å². The lowest BCUT2D eigenvalue weighted by atomic mass is 10.2. The molecule has 0 heterocycles. The van der Waals surface area contributed by atoms with E-state index in [1.54, 1.807) is 0 Å². The molecule has 0 spiro atoms. The molecule has 0 aromatic heterocycles. The average Bonchev–Trinajstić information content (AvgIpc) is 2.03. The largest absolute Gasteiger partial charge is 0.374 e. The van der Waals surface area contributed by atoms with Crippen molar-refractivity contribution in [2.24, 2.45) is 5.92 Å². The van der Waals surface area contributed by atoms with Crippen LogP contribution in [0.25, 0.3) is 0 Å². The molecule has 1 rings (SSSR count). The standard InChI is InChI=1S/C11H16BrN/c1-9(2)8-13(3)11-6-4-5-10(12)7-11/h4-7,9H,8H2,1-3H3. The van der Waals surface area contributed by atoms with Gasteiger partial charge in [0.25, 0.3) is 0 Å². The fourth-order valence-electron chi connectivity index (χ4n) is 1.37. The number of rotatable bonds is 3. The zero-order valence-corrected chi connectivity index (χ0v) is 10.0. The van der Waals surface area contributed by atoms with Crippen LogP contribution >= 0.6 is 15.9 Å². The zero-order chi connectivity index (χ0) is 9.84. The summed E-state index contributed by atoms with van der Waals surface area (Å²) < 4.78 is 1.14. The Kier molecular flexibility index (Phi) is 3.79. The Hall–Kier alpha value is -0.500. The molecule has 13 heavy (non-hydrogen) atoms. The molecular formula is C11H16BrN. The molecule has 1 nitrogen and oxygen atoms in total. The monoisotopic (exact) mass is 241 g/mol. The maximum absolute atomic E-state index is 3.47. The first-order valence-corrected chi connectivity index (χ1v) is 5.35. The van der Waals surface area contributed by atoms with Gasteiger partial charge in [0.05, 0.1) is 0 Å². The maximum Gasteiger partial charge on any atom is 0.0375 e. The first-order chi connectivity index (χ1) is 6.09. The lowest BCUT2D eigenvalue weighted by Gasteiger charge is -2.21. The van der Waals surface area contributed by atoms with Crippen LogP contribution < -0.4 is 4.90 Å². The van der Waals surface area contributed by atoms with Gasteiger partial charge < -0.3 is 4.90 Å². The molecule has 72 valence electrons. The minimum atomic E-state index is 0.698. The third-order valence-electron chi connectivity index (χ3n) is 1.89. The summed E-state index contributed by atoms with van der Waals surface area (Å²) >= 11 is 3.47. The van der Waals surface area contributed by atoms with Gasteiger partial charge in [-0.05, 0) is 24.1 Å². The van der Waals surface area contributed by atoms with E-state index in [0.29, 0.717) is 5.92 Å². The van der Waals surface area contributed by atoms with Crippen LogP contribution in [0.2, 0.25) is 0 Å². The molecule has 1 aromatic rings. The highest BCUT2D eigenvalue weighted by molar-refractivity contribution is 9.10. The van der Waals surface area contributed by atoms with Gasteiger partial charge >= 0.3 is 0 Å². The van der Waals surface area contributed by atoms with Crippen molar-refractivity contribution in [2.75, 3.05) is 18.5 Å². The van der Waals surface area contributed by atoms with Crippen molar-refractivity contribution in [2.45, 2.75) is 13.8 Å². The number of hydrogen-bond donors (Lipinski definition) is 0. The first kappa shape index (κ1) is 10.6. The van der Waals surface area contributed by atoms with Gasteiger partial charge in [-0.1, -0.05) is 35.8 Å². The van der Waals surface area contributed by atoms with Gasteiger partial charge in [0.1, 0.15) is 0 Å². The quantitative estimate of drug-likeness (QED) is 0.783. The van der Waals surface area contributed by atoms with E-state index in [1.165, 1.54) is 5.69 Å².